The van der Waals surface area contributed by atoms with Crippen LogP contribution in [-0.2, 0) is 32.5 Å². The lowest BCUT2D eigenvalue weighted by atomic mass is 9.86. The highest BCUT2D eigenvalue weighted by Crippen LogP contribution is 2.31. The lowest BCUT2D eigenvalue weighted by molar-refractivity contribution is -0.136. The maximum atomic E-state index is 12.9. The number of nitrogens with one attached hydrogen (secondary N) is 1. The minimum atomic E-state index is -3.33. The minimum Gasteiger partial charge on any atom is -0.381 e. The van der Waals surface area contributed by atoms with Crippen molar-refractivity contribution < 1.29 is 17.9 Å². The molecule has 0 radical (unpaired) electrons. The zero-order chi connectivity index (χ0) is 21.5. The van der Waals surface area contributed by atoms with E-state index in [2.05, 4.69) is 9.97 Å². The van der Waals surface area contributed by atoms with Gasteiger partial charge in [0.05, 0.1) is 24.6 Å². The fourth-order valence-electron chi connectivity index (χ4n) is 4.90. The van der Waals surface area contributed by atoms with Gasteiger partial charge in [0.25, 0.3) is 5.56 Å². The summed E-state index contributed by atoms with van der Waals surface area (Å²) < 4.78 is 30.5. The third kappa shape index (κ3) is 4.31. The maximum absolute atomic E-state index is 12.9. The SMILES string of the molecule is COC1CCC(C(=O)N2CC[C@@H](c3nc4c(c(=O)[nH]3)CCN(S(C)(=O)=O)C4)C2)CC1. The van der Waals surface area contributed by atoms with Crippen LogP contribution >= 0.6 is 0 Å². The Morgan fingerprint density at radius 1 is 1.17 bits per heavy atom. The lowest BCUT2D eigenvalue weighted by Crippen LogP contribution is -2.39. The van der Waals surface area contributed by atoms with E-state index in [0.29, 0.717) is 43.1 Å². The molecule has 1 atom stereocenters. The number of nitrogens with zero attached hydrogens (tertiary/aromatic N) is 3. The van der Waals surface area contributed by atoms with Crippen LogP contribution in [-0.4, -0.2) is 72.6 Å². The first-order valence-electron chi connectivity index (χ1n) is 10.6. The Morgan fingerprint density at radius 2 is 1.90 bits per heavy atom. The van der Waals surface area contributed by atoms with Crippen molar-refractivity contribution in [1.29, 1.82) is 0 Å². The number of likely N-dealkylation sites (tertiary alicyclic amines) is 1. The Kier molecular flexibility index (Phi) is 6.00. The summed E-state index contributed by atoms with van der Waals surface area (Å²) in [7, 11) is -1.61. The molecule has 0 aromatic carbocycles. The smallest absolute Gasteiger partial charge is 0.254 e. The van der Waals surface area contributed by atoms with Crippen molar-refractivity contribution in [1.82, 2.24) is 19.2 Å². The number of sulfonamides is 1. The summed E-state index contributed by atoms with van der Waals surface area (Å²) in [6.45, 7) is 1.63. The number of carbonyl (C=O) groups excluding carboxylic acids is 1. The van der Waals surface area contributed by atoms with E-state index in [0.717, 1.165) is 32.1 Å². The van der Waals surface area contributed by atoms with E-state index in [1.165, 1.54) is 10.6 Å². The van der Waals surface area contributed by atoms with Crippen LogP contribution in [0.15, 0.2) is 4.79 Å². The highest BCUT2D eigenvalue weighted by molar-refractivity contribution is 7.88. The van der Waals surface area contributed by atoms with Crippen LogP contribution in [0.2, 0.25) is 0 Å². The molecule has 1 amide bonds. The molecule has 1 aromatic rings. The molecule has 0 spiro atoms. The molecule has 9 nitrogen and oxygen atoms in total. The lowest BCUT2D eigenvalue weighted by Gasteiger charge is -2.30. The Balaban J connectivity index is 1.45. The van der Waals surface area contributed by atoms with Crippen molar-refractivity contribution in [2.75, 3.05) is 33.0 Å². The molecule has 2 aliphatic heterocycles. The quantitative estimate of drug-likeness (QED) is 0.737. The van der Waals surface area contributed by atoms with Gasteiger partial charge >= 0.3 is 0 Å². The standard InChI is InChI=1S/C20H30N4O5S/c1-29-15-5-3-13(4-6-15)20(26)23-9-7-14(11-23)18-21-17-12-24(30(2,27)28)10-8-16(17)19(25)22-18/h13-15H,3-12H2,1-2H3,(H,21,22,25)/t13?,14-,15?/m1/s1. The zero-order valence-electron chi connectivity index (χ0n) is 17.6. The van der Waals surface area contributed by atoms with Crippen LogP contribution in [0.4, 0.5) is 0 Å². The van der Waals surface area contributed by atoms with Crippen LogP contribution in [0.1, 0.15) is 55.1 Å². The number of ether oxygens (including phenoxy) is 1. The van der Waals surface area contributed by atoms with Gasteiger partial charge in [-0.1, -0.05) is 0 Å². The van der Waals surface area contributed by atoms with E-state index in [1.54, 1.807) is 7.11 Å². The number of aromatic nitrogens is 2. The maximum Gasteiger partial charge on any atom is 0.254 e. The summed E-state index contributed by atoms with van der Waals surface area (Å²) in [4.78, 5) is 34.9. The molecule has 3 heterocycles. The van der Waals surface area contributed by atoms with E-state index in [4.69, 9.17) is 4.74 Å². The van der Waals surface area contributed by atoms with Gasteiger partial charge in [-0.05, 0) is 38.5 Å². The molecular formula is C20H30N4O5S. The van der Waals surface area contributed by atoms with E-state index in [-0.39, 0.29) is 36.0 Å². The molecule has 1 saturated carbocycles. The largest absolute Gasteiger partial charge is 0.381 e. The molecule has 1 aromatic heterocycles. The van der Waals surface area contributed by atoms with Crippen molar-refractivity contribution in [3.63, 3.8) is 0 Å². The van der Waals surface area contributed by atoms with E-state index < -0.39 is 10.0 Å². The number of hydrogen-bond acceptors (Lipinski definition) is 6. The molecule has 2 fully saturated rings. The molecule has 1 saturated heterocycles. The normalized spacial score (nSPS) is 27.8. The van der Waals surface area contributed by atoms with Crippen LogP contribution in [0.25, 0.3) is 0 Å². The Labute approximate surface area is 176 Å². The molecule has 1 aliphatic carbocycles. The Hall–Kier alpha value is -1.78. The summed E-state index contributed by atoms with van der Waals surface area (Å²) in [5.74, 6) is 0.771. The van der Waals surface area contributed by atoms with Gasteiger partial charge in [-0.25, -0.2) is 13.4 Å². The second kappa shape index (κ2) is 8.39. The molecule has 4 rings (SSSR count). The third-order valence-electron chi connectivity index (χ3n) is 6.77. The van der Waals surface area contributed by atoms with Gasteiger partial charge < -0.3 is 14.6 Å². The van der Waals surface area contributed by atoms with Crippen molar-refractivity contribution in [2.24, 2.45) is 5.92 Å². The summed E-state index contributed by atoms with van der Waals surface area (Å²) in [5.41, 5.74) is 0.915. The highest BCUT2D eigenvalue weighted by Gasteiger charge is 2.35. The predicted molar refractivity (Wildman–Crippen MR) is 111 cm³/mol. The van der Waals surface area contributed by atoms with Gasteiger partial charge in [0.1, 0.15) is 5.82 Å². The van der Waals surface area contributed by atoms with Crippen molar-refractivity contribution in [3.05, 3.63) is 27.4 Å². The molecule has 1 N–H and O–H groups in total. The average Bonchev–Trinajstić information content (AvgIpc) is 3.22. The number of amides is 1. The highest BCUT2D eigenvalue weighted by atomic mass is 32.2. The molecule has 3 aliphatic rings. The third-order valence-corrected chi connectivity index (χ3v) is 8.02. The number of H-pyrrole nitrogens is 1. The van der Waals surface area contributed by atoms with Gasteiger partial charge in [0.15, 0.2) is 0 Å². The van der Waals surface area contributed by atoms with Crippen molar-refractivity contribution in [2.45, 2.75) is 57.1 Å². The fourth-order valence-corrected chi connectivity index (χ4v) is 5.68. The number of carbonyl (C=O) groups is 1. The first kappa shape index (κ1) is 21.5. The topological polar surface area (TPSA) is 113 Å². The van der Waals surface area contributed by atoms with Crippen LogP contribution in [0.3, 0.4) is 0 Å². The second-order valence-electron chi connectivity index (χ2n) is 8.70. The molecular weight excluding hydrogens is 408 g/mol. The van der Waals surface area contributed by atoms with Gasteiger partial charge in [-0.15, -0.1) is 0 Å². The Bertz CT molecular complexity index is 968. The predicted octanol–water partition coefficient (Wildman–Crippen LogP) is 0.609. The first-order valence-corrected chi connectivity index (χ1v) is 12.5. The van der Waals surface area contributed by atoms with E-state index in [9.17, 15) is 18.0 Å². The molecule has 30 heavy (non-hydrogen) atoms. The number of hydrogen-bond donors (Lipinski definition) is 1. The van der Waals surface area contributed by atoms with Crippen LogP contribution in [0.5, 0.6) is 0 Å². The van der Waals surface area contributed by atoms with Gasteiger partial charge in [0, 0.05) is 44.1 Å². The summed E-state index contributed by atoms with van der Waals surface area (Å²) in [5, 5.41) is 0. The summed E-state index contributed by atoms with van der Waals surface area (Å²) in [6.07, 6.45) is 6.09. The minimum absolute atomic E-state index is 0.0316. The summed E-state index contributed by atoms with van der Waals surface area (Å²) >= 11 is 0. The average molecular weight is 439 g/mol. The molecule has 166 valence electrons. The van der Waals surface area contributed by atoms with Gasteiger partial charge in [-0.2, -0.15) is 4.31 Å². The van der Waals surface area contributed by atoms with Gasteiger partial charge in [0.2, 0.25) is 15.9 Å². The van der Waals surface area contributed by atoms with Crippen molar-refractivity contribution in [3.8, 4) is 0 Å². The van der Waals surface area contributed by atoms with E-state index >= 15 is 0 Å². The Morgan fingerprint density at radius 3 is 2.57 bits per heavy atom. The van der Waals surface area contributed by atoms with Crippen LogP contribution in [0, 0.1) is 5.92 Å². The van der Waals surface area contributed by atoms with Gasteiger partial charge in [-0.3, -0.25) is 9.59 Å². The van der Waals surface area contributed by atoms with E-state index in [1.807, 2.05) is 4.90 Å². The molecule has 10 heteroatoms. The van der Waals surface area contributed by atoms with Crippen LogP contribution < -0.4 is 5.56 Å². The fraction of sp³-hybridized carbons (Fsp3) is 0.750. The zero-order valence-corrected chi connectivity index (χ0v) is 18.4. The molecule has 0 unspecified atom stereocenters. The number of aromatic amines is 1. The van der Waals surface area contributed by atoms with Crippen molar-refractivity contribution >= 4 is 15.9 Å². The number of rotatable bonds is 4. The summed E-state index contributed by atoms with van der Waals surface area (Å²) in [6, 6.07) is 0. The molecule has 0 bridgehead atoms. The monoisotopic (exact) mass is 438 g/mol. The second-order valence-corrected chi connectivity index (χ2v) is 10.7. The first-order chi connectivity index (χ1) is 14.3. The number of fused-ring (bicyclic) bond motifs is 1. The number of methoxy groups -OCH3 is 1.